The van der Waals surface area contributed by atoms with Gasteiger partial charge in [0.05, 0.1) is 0 Å². The summed E-state index contributed by atoms with van der Waals surface area (Å²) in [5.74, 6) is 1.79. The van der Waals surface area contributed by atoms with Gasteiger partial charge in [-0.25, -0.2) is 0 Å². The zero-order chi connectivity index (χ0) is 13.2. The summed E-state index contributed by atoms with van der Waals surface area (Å²) in [7, 11) is 0. The second kappa shape index (κ2) is 5.06. The van der Waals surface area contributed by atoms with E-state index in [1.54, 1.807) is 0 Å². The Morgan fingerprint density at radius 2 is 1.79 bits per heavy atom. The van der Waals surface area contributed by atoms with Crippen LogP contribution >= 0.6 is 11.3 Å². The number of benzene rings is 2. The third kappa shape index (κ3) is 2.36. The highest BCUT2D eigenvalue weighted by Gasteiger charge is 2.08. The number of rotatable bonds is 3. The van der Waals surface area contributed by atoms with Gasteiger partial charge in [0.1, 0.15) is 11.5 Å². The van der Waals surface area contributed by atoms with Gasteiger partial charge in [-0.1, -0.05) is 25.1 Å². The Hall–Kier alpha value is -1.80. The van der Waals surface area contributed by atoms with Crippen molar-refractivity contribution in [3.8, 4) is 11.5 Å². The molecule has 19 heavy (non-hydrogen) atoms. The van der Waals surface area contributed by atoms with Gasteiger partial charge in [0.15, 0.2) is 0 Å². The van der Waals surface area contributed by atoms with Gasteiger partial charge in [-0.2, -0.15) is 0 Å². The van der Waals surface area contributed by atoms with Crippen LogP contribution in [0.5, 0.6) is 11.5 Å². The summed E-state index contributed by atoms with van der Waals surface area (Å²) in [5.41, 5.74) is 1.41. The summed E-state index contributed by atoms with van der Waals surface area (Å²) in [6.07, 6.45) is 1.10. The van der Waals surface area contributed by atoms with Gasteiger partial charge >= 0.3 is 0 Å². The van der Waals surface area contributed by atoms with Gasteiger partial charge in [-0.15, -0.1) is 11.3 Å². The van der Waals surface area contributed by atoms with Crippen LogP contribution in [-0.2, 0) is 6.42 Å². The van der Waals surface area contributed by atoms with Crippen molar-refractivity contribution in [3.05, 3.63) is 59.0 Å². The first-order chi connectivity index (χ1) is 9.28. The molecule has 0 unspecified atom stereocenters. The molecule has 0 spiro atoms. The molecule has 0 aliphatic rings. The molecule has 96 valence electrons. The Morgan fingerprint density at radius 3 is 2.53 bits per heavy atom. The van der Waals surface area contributed by atoms with Crippen molar-refractivity contribution in [2.75, 3.05) is 0 Å². The SMILES string of the molecule is CCc1sc2cc(Oc3ccccc3)ccc2c1C. The molecule has 1 aromatic heterocycles. The molecular weight excluding hydrogens is 252 g/mol. The van der Waals surface area contributed by atoms with E-state index in [0.717, 1.165) is 17.9 Å². The summed E-state index contributed by atoms with van der Waals surface area (Å²) in [6, 6.07) is 16.3. The molecular formula is C17H16OS. The zero-order valence-corrected chi connectivity index (χ0v) is 12.0. The van der Waals surface area contributed by atoms with Crippen molar-refractivity contribution in [2.45, 2.75) is 20.3 Å². The maximum absolute atomic E-state index is 5.88. The van der Waals surface area contributed by atoms with E-state index in [1.807, 2.05) is 41.7 Å². The lowest BCUT2D eigenvalue weighted by molar-refractivity contribution is 0.483. The fourth-order valence-electron chi connectivity index (χ4n) is 2.28. The summed E-state index contributed by atoms with van der Waals surface area (Å²) in [5, 5.41) is 1.35. The topological polar surface area (TPSA) is 9.23 Å². The predicted octanol–water partition coefficient (Wildman–Crippen LogP) is 5.56. The minimum absolute atomic E-state index is 0.880. The van der Waals surface area contributed by atoms with Crippen molar-refractivity contribution in [1.29, 1.82) is 0 Å². The Bertz CT molecular complexity index is 698. The van der Waals surface area contributed by atoms with Crippen molar-refractivity contribution >= 4 is 21.4 Å². The molecule has 0 aliphatic heterocycles. The molecule has 0 aliphatic carbocycles. The van der Waals surface area contributed by atoms with Crippen LogP contribution in [0.2, 0.25) is 0 Å². The van der Waals surface area contributed by atoms with Crippen molar-refractivity contribution in [2.24, 2.45) is 0 Å². The molecule has 1 heterocycles. The minimum Gasteiger partial charge on any atom is -0.457 e. The van der Waals surface area contributed by atoms with Crippen LogP contribution in [0.25, 0.3) is 10.1 Å². The lowest BCUT2D eigenvalue weighted by atomic mass is 10.1. The third-order valence-electron chi connectivity index (χ3n) is 3.31. The maximum Gasteiger partial charge on any atom is 0.128 e. The van der Waals surface area contributed by atoms with Crippen LogP contribution < -0.4 is 4.74 Å². The van der Waals surface area contributed by atoms with Gasteiger partial charge < -0.3 is 4.74 Å². The number of fused-ring (bicyclic) bond motifs is 1. The molecule has 0 atom stereocenters. The lowest BCUT2D eigenvalue weighted by Crippen LogP contribution is -1.82. The second-order valence-corrected chi connectivity index (χ2v) is 5.71. The van der Waals surface area contributed by atoms with E-state index in [0.29, 0.717) is 0 Å². The molecule has 2 aromatic carbocycles. The molecule has 1 nitrogen and oxygen atoms in total. The number of hydrogen-bond acceptors (Lipinski definition) is 2. The first-order valence-corrected chi connectivity index (χ1v) is 7.34. The fourth-order valence-corrected chi connectivity index (χ4v) is 3.46. The first kappa shape index (κ1) is 12.2. The Morgan fingerprint density at radius 1 is 1.00 bits per heavy atom. The largest absolute Gasteiger partial charge is 0.457 e. The van der Waals surface area contributed by atoms with Crippen LogP contribution in [0.3, 0.4) is 0 Å². The predicted molar refractivity (Wildman–Crippen MR) is 82.5 cm³/mol. The Kier molecular flexibility index (Phi) is 3.26. The monoisotopic (exact) mass is 268 g/mol. The van der Waals surface area contributed by atoms with Gasteiger partial charge in [-0.3, -0.25) is 0 Å². The molecule has 0 fully saturated rings. The van der Waals surface area contributed by atoms with E-state index in [-0.39, 0.29) is 0 Å². The quantitative estimate of drug-likeness (QED) is 0.604. The molecule has 0 amide bonds. The van der Waals surface area contributed by atoms with E-state index in [1.165, 1.54) is 20.5 Å². The number of para-hydroxylation sites is 1. The number of hydrogen-bond donors (Lipinski definition) is 0. The molecule has 0 bridgehead atoms. The van der Waals surface area contributed by atoms with E-state index in [9.17, 15) is 0 Å². The number of ether oxygens (including phenoxy) is 1. The maximum atomic E-state index is 5.88. The van der Waals surface area contributed by atoms with Gasteiger partial charge in [0.2, 0.25) is 0 Å². The van der Waals surface area contributed by atoms with Crippen LogP contribution in [0, 0.1) is 6.92 Å². The van der Waals surface area contributed by atoms with Crippen molar-refractivity contribution in [1.82, 2.24) is 0 Å². The van der Waals surface area contributed by atoms with E-state index in [4.69, 9.17) is 4.74 Å². The highest BCUT2D eigenvalue weighted by molar-refractivity contribution is 7.19. The average molecular weight is 268 g/mol. The summed E-state index contributed by atoms with van der Waals surface area (Å²) < 4.78 is 7.18. The van der Waals surface area contributed by atoms with Crippen LogP contribution in [-0.4, -0.2) is 0 Å². The smallest absolute Gasteiger partial charge is 0.128 e. The fraction of sp³-hybridized carbons (Fsp3) is 0.176. The standard InChI is InChI=1S/C17H16OS/c1-3-16-12(2)15-10-9-14(11-17(15)19-16)18-13-7-5-4-6-8-13/h4-11H,3H2,1-2H3. The summed E-state index contributed by atoms with van der Waals surface area (Å²) >= 11 is 1.87. The summed E-state index contributed by atoms with van der Waals surface area (Å²) in [6.45, 7) is 4.41. The summed E-state index contributed by atoms with van der Waals surface area (Å²) in [4.78, 5) is 1.46. The molecule has 3 aromatic rings. The Balaban J connectivity index is 1.98. The van der Waals surface area contributed by atoms with Crippen molar-refractivity contribution in [3.63, 3.8) is 0 Å². The zero-order valence-electron chi connectivity index (χ0n) is 11.1. The minimum atomic E-state index is 0.880. The number of aryl methyl sites for hydroxylation is 2. The van der Waals surface area contributed by atoms with Gasteiger partial charge in [0.25, 0.3) is 0 Å². The molecule has 0 saturated carbocycles. The number of thiophene rings is 1. The molecule has 0 N–H and O–H groups in total. The van der Waals surface area contributed by atoms with Crippen LogP contribution in [0.15, 0.2) is 48.5 Å². The first-order valence-electron chi connectivity index (χ1n) is 6.53. The second-order valence-electron chi connectivity index (χ2n) is 4.58. The highest BCUT2D eigenvalue weighted by atomic mass is 32.1. The molecule has 2 heteroatoms. The van der Waals surface area contributed by atoms with Crippen LogP contribution in [0.4, 0.5) is 0 Å². The van der Waals surface area contributed by atoms with E-state index in [2.05, 4.69) is 32.0 Å². The lowest BCUT2D eigenvalue weighted by Gasteiger charge is -2.05. The molecule has 0 radical (unpaired) electrons. The highest BCUT2D eigenvalue weighted by Crippen LogP contribution is 2.34. The molecule has 3 rings (SSSR count). The Labute approximate surface area is 117 Å². The van der Waals surface area contributed by atoms with E-state index >= 15 is 0 Å². The van der Waals surface area contributed by atoms with Crippen LogP contribution in [0.1, 0.15) is 17.4 Å². The normalized spacial score (nSPS) is 10.8. The van der Waals surface area contributed by atoms with Gasteiger partial charge in [-0.05, 0) is 54.6 Å². The molecule has 0 saturated heterocycles. The van der Waals surface area contributed by atoms with E-state index < -0.39 is 0 Å². The van der Waals surface area contributed by atoms with Gasteiger partial charge in [0, 0.05) is 9.58 Å². The third-order valence-corrected chi connectivity index (χ3v) is 4.71. The van der Waals surface area contributed by atoms with Crippen molar-refractivity contribution < 1.29 is 4.74 Å². The average Bonchev–Trinajstić information content (AvgIpc) is 2.76.